The van der Waals surface area contributed by atoms with Gasteiger partial charge < -0.3 is 9.05 Å². The molecule has 0 aliphatic rings. The van der Waals surface area contributed by atoms with Crippen LogP contribution in [0.1, 0.15) is 25.0 Å². The van der Waals surface area contributed by atoms with E-state index in [4.69, 9.17) is 0 Å². The van der Waals surface area contributed by atoms with Gasteiger partial charge in [-0.2, -0.15) is 22.0 Å². The lowest BCUT2D eigenvalue weighted by atomic mass is 10.1. The fourth-order valence-corrected chi connectivity index (χ4v) is 3.97. The average molecular weight is 411 g/mol. The Morgan fingerprint density at radius 1 is 1.09 bits per heavy atom. The molecule has 0 radical (unpaired) electrons. The Balaban J connectivity index is 3.35. The van der Waals surface area contributed by atoms with Crippen molar-refractivity contribution in [2.45, 2.75) is 25.7 Å². The van der Waals surface area contributed by atoms with Crippen LogP contribution in [0.25, 0.3) is 0 Å². The number of rotatable bonds is 6. The zero-order valence-corrected chi connectivity index (χ0v) is 14.1. The van der Waals surface area contributed by atoms with Gasteiger partial charge in [0.15, 0.2) is 0 Å². The second kappa shape index (κ2) is 6.95. The fourth-order valence-electron chi connectivity index (χ4n) is 1.62. The van der Waals surface area contributed by atoms with Gasteiger partial charge in [0.05, 0.1) is 18.8 Å². The second-order valence-electron chi connectivity index (χ2n) is 4.07. The van der Waals surface area contributed by atoms with E-state index in [1.807, 2.05) is 0 Å². The molecule has 126 valence electrons. The van der Waals surface area contributed by atoms with Crippen LogP contribution in [0.15, 0.2) is 22.7 Å². The number of benzene rings is 1. The maximum Gasteiger partial charge on any atom is 0.416 e. The molecule has 0 saturated heterocycles. The topological polar surface area (TPSA) is 35.5 Å². The standard InChI is InChI=1S/C12H13BrF5O3P/c1-3-20-22(19,21-4-2)12(17,18)9-6-5-8(7-10(9)13)11(14,15)16/h5-7H,3-4H2,1-2H3. The van der Waals surface area contributed by atoms with Gasteiger partial charge in [0.1, 0.15) is 0 Å². The van der Waals surface area contributed by atoms with E-state index in [0.717, 1.165) is 0 Å². The molecule has 0 spiro atoms. The molecule has 22 heavy (non-hydrogen) atoms. The van der Waals surface area contributed by atoms with Gasteiger partial charge in [0.2, 0.25) is 0 Å². The molecule has 0 N–H and O–H groups in total. The summed E-state index contributed by atoms with van der Waals surface area (Å²) < 4.78 is 87.4. The molecule has 0 bridgehead atoms. The van der Waals surface area contributed by atoms with Crippen LogP contribution in [-0.4, -0.2) is 13.2 Å². The third-order valence-electron chi connectivity index (χ3n) is 2.56. The van der Waals surface area contributed by atoms with Crippen LogP contribution in [0.2, 0.25) is 0 Å². The molecule has 3 nitrogen and oxygen atoms in total. The summed E-state index contributed by atoms with van der Waals surface area (Å²) in [4.78, 5) is 0. The SMILES string of the molecule is CCOP(=O)(OCC)C(F)(F)c1ccc(C(F)(F)F)cc1Br. The molecule has 0 fully saturated rings. The molecule has 0 saturated carbocycles. The summed E-state index contributed by atoms with van der Waals surface area (Å²) in [5.74, 6) is 0. The largest absolute Gasteiger partial charge is 0.416 e. The van der Waals surface area contributed by atoms with Crippen molar-refractivity contribution in [3.63, 3.8) is 0 Å². The summed E-state index contributed by atoms with van der Waals surface area (Å²) in [7, 11) is -4.87. The lowest BCUT2D eigenvalue weighted by Crippen LogP contribution is -2.19. The third kappa shape index (κ3) is 3.88. The van der Waals surface area contributed by atoms with Crippen molar-refractivity contribution >= 4 is 23.5 Å². The van der Waals surface area contributed by atoms with Gasteiger partial charge in [0.25, 0.3) is 0 Å². The number of alkyl halides is 5. The molecule has 10 heteroatoms. The first-order valence-corrected chi connectivity index (χ1v) is 8.47. The van der Waals surface area contributed by atoms with E-state index in [2.05, 4.69) is 25.0 Å². The first kappa shape index (κ1) is 19.5. The van der Waals surface area contributed by atoms with E-state index in [0.29, 0.717) is 18.2 Å². The van der Waals surface area contributed by atoms with Crippen LogP contribution in [0, 0.1) is 0 Å². The molecule has 1 aromatic carbocycles. The molecule has 0 aliphatic heterocycles. The van der Waals surface area contributed by atoms with Crippen LogP contribution < -0.4 is 0 Å². The van der Waals surface area contributed by atoms with E-state index < -0.39 is 35.0 Å². The van der Waals surface area contributed by atoms with Crippen LogP contribution in [0.5, 0.6) is 0 Å². The molecule has 0 amide bonds. The first-order valence-electron chi connectivity index (χ1n) is 6.13. The second-order valence-corrected chi connectivity index (χ2v) is 6.99. The Morgan fingerprint density at radius 3 is 1.95 bits per heavy atom. The Kier molecular flexibility index (Phi) is 6.17. The van der Waals surface area contributed by atoms with Crippen LogP contribution >= 0.6 is 23.5 Å². The highest BCUT2D eigenvalue weighted by Crippen LogP contribution is 2.67. The lowest BCUT2D eigenvalue weighted by Gasteiger charge is -2.26. The van der Waals surface area contributed by atoms with Crippen LogP contribution in [0.4, 0.5) is 22.0 Å². The molecule has 0 aliphatic carbocycles. The minimum Gasteiger partial charge on any atom is -0.304 e. The van der Waals surface area contributed by atoms with Crippen molar-refractivity contribution in [1.29, 1.82) is 0 Å². The van der Waals surface area contributed by atoms with Crippen LogP contribution in [0.3, 0.4) is 0 Å². The molecule has 0 heterocycles. The Morgan fingerprint density at radius 2 is 1.59 bits per heavy atom. The first-order chi connectivity index (χ1) is 9.99. The Hall–Kier alpha value is -0.500. The normalized spacial score (nSPS) is 13.5. The van der Waals surface area contributed by atoms with Gasteiger partial charge in [-0.1, -0.05) is 22.0 Å². The van der Waals surface area contributed by atoms with Gasteiger partial charge >= 0.3 is 19.4 Å². The predicted molar refractivity (Wildman–Crippen MR) is 73.9 cm³/mol. The summed E-state index contributed by atoms with van der Waals surface area (Å²) in [6.07, 6.45) is -4.68. The Bertz CT molecular complexity index is 566. The number of hydrogen-bond donors (Lipinski definition) is 0. The van der Waals surface area contributed by atoms with Crippen molar-refractivity contribution in [2.24, 2.45) is 0 Å². The van der Waals surface area contributed by atoms with Gasteiger partial charge in [-0.25, -0.2) is 0 Å². The van der Waals surface area contributed by atoms with E-state index >= 15 is 0 Å². The fraction of sp³-hybridized carbons (Fsp3) is 0.500. The predicted octanol–water partition coefficient (Wildman–Crippen LogP) is 5.78. The van der Waals surface area contributed by atoms with Gasteiger partial charge in [-0.15, -0.1) is 0 Å². The zero-order valence-electron chi connectivity index (χ0n) is 11.6. The summed E-state index contributed by atoms with van der Waals surface area (Å²) in [6, 6.07) is 1.53. The van der Waals surface area contributed by atoms with E-state index in [9.17, 15) is 26.5 Å². The summed E-state index contributed by atoms with van der Waals surface area (Å²) in [6.45, 7) is 2.10. The summed E-state index contributed by atoms with van der Waals surface area (Å²) >= 11 is 2.66. The molecular formula is C12H13BrF5O3P. The highest BCUT2D eigenvalue weighted by molar-refractivity contribution is 9.10. The summed E-state index contributed by atoms with van der Waals surface area (Å²) in [5, 5.41) is 0. The molecule has 0 unspecified atom stereocenters. The van der Waals surface area contributed by atoms with Crippen LogP contribution in [-0.2, 0) is 25.5 Å². The highest BCUT2D eigenvalue weighted by atomic mass is 79.9. The molecular weight excluding hydrogens is 398 g/mol. The van der Waals surface area contributed by atoms with E-state index in [-0.39, 0.29) is 13.2 Å². The quantitative estimate of drug-likeness (QED) is 0.440. The number of halogens is 6. The van der Waals surface area contributed by atoms with Crippen molar-refractivity contribution in [3.05, 3.63) is 33.8 Å². The minimum absolute atomic E-state index is 0.300. The van der Waals surface area contributed by atoms with E-state index in [1.165, 1.54) is 13.8 Å². The smallest absolute Gasteiger partial charge is 0.304 e. The molecule has 1 aromatic rings. The Labute approximate surface area is 132 Å². The van der Waals surface area contributed by atoms with E-state index in [1.54, 1.807) is 0 Å². The molecule has 1 rings (SSSR count). The maximum atomic E-state index is 14.4. The third-order valence-corrected chi connectivity index (χ3v) is 5.34. The minimum atomic E-state index is -4.87. The molecule has 0 atom stereocenters. The van der Waals surface area contributed by atoms with Gasteiger partial charge in [-0.3, -0.25) is 4.57 Å². The van der Waals surface area contributed by atoms with Crippen molar-refractivity contribution in [3.8, 4) is 0 Å². The monoisotopic (exact) mass is 410 g/mol. The zero-order chi connectivity index (χ0) is 17.2. The van der Waals surface area contributed by atoms with Crippen molar-refractivity contribution < 1.29 is 35.6 Å². The maximum absolute atomic E-state index is 14.4. The van der Waals surface area contributed by atoms with Gasteiger partial charge in [0, 0.05) is 10.0 Å². The lowest BCUT2D eigenvalue weighted by molar-refractivity contribution is -0.137. The molecule has 0 aromatic heterocycles. The average Bonchev–Trinajstić information content (AvgIpc) is 2.37. The van der Waals surface area contributed by atoms with Crippen molar-refractivity contribution in [2.75, 3.05) is 13.2 Å². The highest BCUT2D eigenvalue weighted by Gasteiger charge is 2.55. The number of hydrogen-bond acceptors (Lipinski definition) is 3. The summed E-state index contributed by atoms with van der Waals surface area (Å²) in [5.41, 5.74) is -6.10. The van der Waals surface area contributed by atoms with Gasteiger partial charge in [-0.05, 0) is 26.0 Å². The van der Waals surface area contributed by atoms with Crippen molar-refractivity contribution in [1.82, 2.24) is 0 Å².